The molecule has 0 N–H and O–H groups in total. The molecule has 0 aliphatic rings. The van der Waals surface area contributed by atoms with Gasteiger partial charge in [-0.2, -0.15) is 11.3 Å². The highest BCUT2D eigenvalue weighted by Crippen LogP contribution is 2.31. The molecule has 1 heterocycles. The van der Waals surface area contributed by atoms with Gasteiger partial charge in [0, 0.05) is 5.56 Å². The Kier molecular flexibility index (Phi) is 3.79. The van der Waals surface area contributed by atoms with E-state index < -0.39 is 17.0 Å². The fourth-order valence-corrected chi connectivity index (χ4v) is 2.74. The van der Waals surface area contributed by atoms with Crippen LogP contribution in [0.25, 0.3) is 0 Å². The van der Waals surface area contributed by atoms with E-state index in [0.29, 0.717) is 12.0 Å². The fraction of sp³-hybridized carbons (Fsp3) is 0.231. The maximum atomic E-state index is 13.8. The van der Waals surface area contributed by atoms with Crippen molar-refractivity contribution in [3.05, 3.63) is 57.3 Å². The van der Waals surface area contributed by atoms with E-state index in [1.807, 2.05) is 16.8 Å². The van der Waals surface area contributed by atoms with Crippen molar-refractivity contribution in [2.75, 3.05) is 0 Å². The zero-order valence-corrected chi connectivity index (χ0v) is 10.8. The lowest BCUT2D eigenvalue weighted by Gasteiger charge is -2.12. The lowest BCUT2D eigenvalue weighted by Crippen LogP contribution is -2.03. The van der Waals surface area contributed by atoms with Crippen LogP contribution in [0.1, 0.15) is 22.1 Å². The van der Waals surface area contributed by atoms with Crippen molar-refractivity contribution in [3.63, 3.8) is 0 Å². The fourth-order valence-electron chi connectivity index (χ4n) is 1.68. The SMILES string of the molecule is Cc1ccc(F)c(C(Cl)Cc2ccsc2)c1F. The Balaban J connectivity index is 2.30. The summed E-state index contributed by atoms with van der Waals surface area (Å²) in [6, 6.07) is 4.59. The van der Waals surface area contributed by atoms with Crippen LogP contribution in [0.5, 0.6) is 0 Å². The van der Waals surface area contributed by atoms with E-state index in [9.17, 15) is 8.78 Å². The van der Waals surface area contributed by atoms with Gasteiger partial charge in [-0.1, -0.05) is 6.07 Å². The Labute approximate surface area is 108 Å². The van der Waals surface area contributed by atoms with E-state index in [4.69, 9.17) is 11.6 Å². The third-order valence-electron chi connectivity index (χ3n) is 2.63. The molecule has 0 radical (unpaired) electrons. The van der Waals surface area contributed by atoms with Gasteiger partial charge in [0.1, 0.15) is 11.6 Å². The van der Waals surface area contributed by atoms with Crippen LogP contribution >= 0.6 is 22.9 Å². The van der Waals surface area contributed by atoms with Crippen LogP contribution < -0.4 is 0 Å². The molecular formula is C13H11ClF2S. The number of benzene rings is 1. The average Bonchev–Trinajstić information content (AvgIpc) is 2.77. The smallest absolute Gasteiger partial charge is 0.133 e. The van der Waals surface area contributed by atoms with Crippen molar-refractivity contribution in [2.24, 2.45) is 0 Å². The first-order valence-corrected chi connectivity index (χ1v) is 6.57. The number of alkyl halides is 1. The minimum absolute atomic E-state index is 0.0298. The monoisotopic (exact) mass is 272 g/mol. The Bertz CT molecular complexity index is 508. The van der Waals surface area contributed by atoms with Crippen LogP contribution in [0, 0.1) is 18.6 Å². The molecule has 0 bridgehead atoms. The predicted molar refractivity (Wildman–Crippen MR) is 67.7 cm³/mol. The second-order valence-corrected chi connectivity index (χ2v) is 5.20. The Morgan fingerprint density at radius 3 is 2.71 bits per heavy atom. The van der Waals surface area contributed by atoms with Crippen molar-refractivity contribution < 1.29 is 8.78 Å². The predicted octanol–water partition coefficient (Wildman–Crippen LogP) is 4.86. The quantitative estimate of drug-likeness (QED) is 0.700. The number of thiophene rings is 1. The van der Waals surface area contributed by atoms with E-state index in [0.717, 1.165) is 5.56 Å². The van der Waals surface area contributed by atoms with E-state index in [-0.39, 0.29) is 5.56 Å². The summed E-state index contributed by atoms with van der Waals surface area (Å²) in [7, 11) is 0. The van der Waals surface area contributed by atoms with Crippen molar-refractivity contribution in [3.8, 4) is 0 Å². The normalized spacial score (nSPS) is 12.7. The number of hydrogen-bond acceptors (Lipinski definition) is 1. The van der Waals surface area contributed by atoms with Gasteiger partial charge in [-0.25, -0.2) is 8.78 Å². The summed E-state index contributed by atoms with van der Waals surface area (Å²) in [5.41, 5.74) is 1.38. The van der Waals surface area contributed by atoms with Gasteiger partial charge in [0.15, 0.2) is 0 Å². The summed E-state index contributed by atoms with van der Waals surface area (Å²) in [5.74, 6) is -1.12. The van der Waals surface area contributed by atoms with E-state index in [2.05, 4.69) is 0 Å². The Morgan fingerprint density at radius 2 is 2.06 bits per heavy atom. The topological polar surface area (TPSA) is 0 Å². The molecule has 4 heteroatoms. The molecule has 17 heavy (non-hydrogen) atoms. The largest absolute Gasteiger partial charge is 0.207 e. The van der Waals surface area contributed by atoms with Gasteiger partial charge < -0.3 is 0 Å². The van der Waals surface area contributed by atoms with E-state index in [1.165, 1.54) is 12.1 Å². The summed E-state index contributed by atoms with van der Waals surface area (Å²) in [5, 5.41) is 3.17. The molecule has 0 fully saturated rings. The van der Waals surface area contributed by atoms with Crippen molar-refractivity contribution in [1.82, 2.24) is 0 Å². The molecule has 1 unspecified atom stereocenters. The molecular weight excluding hydrogens is 262 g/mol. The number of aryl methyl sites for hydroxylation is 1. The summed E-state index contributed by atoms with van der Waals surface area (Å²) in [4.78, 5) is 0. The third kappa shape index (κ3) is 2.67. The maximum Gasteiger partial charge on any atom is 0.133 e. The minimum Gasteiger partial charge on any atom is -0.207 e. The molecule has 0 saturated heterocycles. The van der Waals surface area contributed by atoms with Crippen LogP contribution in [-0.4, -0.2) is 0 Å². The van der Waals surface area contributed by atoms with Crippen molar-refractivity contribution >= 4 is 22.9 Å². The number of rotatable bonds is 3. The highest BCUT2D eigenvalue weighted by atomic mass is 35.5. The average molecular weight is 273 g/mol. The highest BCUT2D eigenvalue weighted by molar-refractivity contribution is 7.07. The molecule has 2 aromatic rings. The van der Waals surface area contributed by atoms with Crippen LogP contribution in [0.2, 0.25) is 0 Å². The zero-order valence-electron chi connectivity index (χ0n) is 9.21. The molecule has 0 saturated carbocycles. The molecule has 1 atom stereocenters. The van der Waals surface area contributed by atoms with Crippen molar-refractivity contribution in [1.29, 1.82) is 0 Å². The molecule has 1 aromatic carbocycles. The number of halogens is 3. The second-order valence-electron chi connectivity index (χ2n) is 3.90. The molecule has 2 rings (SSSR count). The molecule has 0 amide bonds. The zero-order chi connectivity index (χ0) is 12.4. The van der Waals surface area contributed by atoms with Gasteiger partial charge in [-0.15, -0.1) is 11.6 Å². The summed E-state index contributed by atoms with van der Waals surface area (Å²) in [6.07, 6.45) is 0.433. The molecule has 0 aliphatic carbocycles. The van der Waals surface area contributed by atoms with Crippen LogP contribution in [-0.2, 0) is 6.42 Å². The Morgan fingerprint density at radius 1 is 1.29 bits per heavy atom. The summed E-state index contributed by atoms with van der Waals surface area (Å²) < 4.78 is 27.4. The highest BCUT2D eigenvalue weighted by Gasteiger charge is 2.20. The first kappa shape index (κ1) is 12.5. The lowest BCUT2D eigenvalue weighted by molar-refractivity contribution is 0.545. The van der Waals surface area contributed by atoms with E-state index >= 15 is 0 Å². The molecule has 1 aromatic heterocycles. The second kappa shape index (κ2) is 5.15. The maximum absolute atomic E-state index is 13.8. The molecule has 0 spiro atoms. The lowest BCUT2D eigenvalue weighted by atomic mass is 10.0. The van der Waals surface area contributed by atoms with Gasteiger partial charge in [-0.3, -0.25) is 0 Å². The minimum atomic E-state index is -0.676. The van der Waals surface area contributed by atoms with Gasteiger partial charge in [0.05, 0.1) is 5.38 Å². The number of hydrogen-bond donors (Lipinski definition) is 0. The van der Waals surface area contributed by atoms with Gasteiger partial charge in [0.25, 0.3) is 0 Å². The van der Waals surface area contributed by atoms with Gasteiger partial charge in [0.2, 0.25) is 0 Å². The summed E-state index contributed by atoms with van der Waals surface area (Å²) in [6.45, 7) is 1.60. The van der Waals surface area contributed by atoms with Crippen LogP contribution in [0.3, 0.4) is 0 Å². The molecule has 90 valence electrons. The Hall–Kier alpha value is -0.930. The molecule has 0 nitrogen and oxygen atoms in total. The standard InChI is InChI=1S/C13H11ClF2S/c1-8-2-3-11(15)12(13(8)16)10(14)6-9-4-5-17-7-9/h2-5,7,10H,6H2,1H3. The van der Waals surface area contributed by atoms with Crippen LogP contribution in [0.15, 0.2) is 29.0 Å². The van der Waals surface area contributed by atoms with Crippen molar-refractivity contribution in [2.45, 2.75) is 18.7 Å². The first-order valence-electron chi connectivity index (χ1n) is 5.19. The third-order valence-corrected chi connectivity index (χ3v) is 3.73. The first-order chi connectivity index (χ1) is 8.09. The van der Waals surface area contributed by atoms with Gasteiger partial charge >= 0.3 is 0 Å². The van der Waals surface area contributed by atoms with Crippen LogP contribution in [0.4, 0.5) is 8.78 Å². The van der Waals surface area contributed by atoms with E-state index in [1.54, 1.807) is 18.3 Å². The molecule has 0 aliphatic heterocycles. The summed E-state index contributed by atoms with van der Waals surface area (Å²) >= 11 is 7.65. The van der Waals surface area contributed by atoms with Gasteiger partial charge in [-0.05, 0) is 47.4 Å².